The van der Waals surface area contributed by atoms with Crippen LogP contribution in [-0.2, 0) is 9.59 Å². The Morgan fingerprint density at radius 1 is 0.750 bits per heavy atom. The molecule has 0 fully saturated rings. The Hall–Kier alpha value is -1.22. The molecule has 0 aliphatic heterocycles. The minimum absolute atomic E-state index is 0.00540. The summed E-state index contributed by atoms with van der Waals surface area (Å²) in [6, 6.07) is 0. The van der Waals surface area contributed by atoms with Crippen molar-refractivity contribution < 1.29 is 18.6 Å². The van der Waals surface area contributed by atoms with Crippen molar-refractivity contribution in [3.63, 3.8) is 0 Å². The quantitative estimate of drug-likeness (QED) is 0.357. The van der Waals surface area contributed by atoms with E-state index in [9.17, 15) is 9.59 Å². The molecule has 0 aliphatic carbocycles. The van der Waals surface area contributed by atoms with Crippen LogP contribution in [0.15, 0.2) is 0 Å². The summed E-state index contributed by atoms with van der Waals surface area (Å²) in [5.41, 5.74) is 0.00540. The Labute approximate surface area is 172 Å². The van der Waals surface area contributed by atoms with Crippen LogP contribution in [0.25, 0.3) is 0 Å². The summed E-state index contributed by atoms with van der Waals surface area (Å²) in [5, 5.41) is 9.34. The summed E-state index contributed by atoms with van der Waals surface area (Å²) in [6.45, 7) is 11.1. The number of likely N-dealkylation sites (N-methyl/N-ethyl adjacent to an activating group) is 2. The summed E-state index contributed by atoms with van der Waals surface area (Å²) in [6.07, 6.45) is 0. The Morgan fingerprint density at radius 2 is 1.14 bits per heavy atom. The summed E-state index contributed by atoms with van der Waals surface area (Å²) in [4.78, 5) is 26.5. The molecule has 0 aromatic carbocycles. The zero-order valence-electron chi connectivity index (χ0n) is 19.8. The number of amides is 2. The largest absolute Gasteiger partial charge is 0.349 e. The van der Waals surface area contributed by atoms with E-state index in [-0.39, 0.29) is 30.4 Å². The first kappa shape index (κ1) is 26.8. The van der Waals surface area contributed by atoms with Gasteiger partial charge >= 0.3 is 0 Å². The van der Waals surface area contributed by atoms with E-state index in [1.807, 2.05) is 4.90 Å². The smallest absolute Gasteiger partial charge is 0.234 e. The lowest BCUT2D eigenvalue weighted by molar-refractivity contribution is -0.869. The van der Waals surface area contributed by atoms with Crippen LogP contribution in [-0.4, -0.2) is 126 Å². The molecule has 0 bridgehead atoms. The molecule has 0 aromatic heterocycles. The number of carbonyl (C=O) groups excluding carboxylic acids is 2. The number of carbonyl (C=O) groups is 2. The molecule has 8 nitrogen and oxygen atoms in total. The number of hydrogen-bond donors (Lipinski definition) is 3. The lowest BCUT2D eigenvalue weighted by atomic mass is 10.1. The first-order valence-electron chi connectivity index (χ1n) is 10.2. The first-order valence-corrected chi connectivity index (χ1v) is 10.2. The average Bonchev–Trinajstić information content (AvgIpc) is 2.42. The molecule has 166 valence electrons. The number of rotatable bonds is 13. The van der Waals surface area contributed by atoms with Crippen LogP contribution in [0.5, 0.6) is 0 Å². The molecular weight excluding hydrogens is 356 g/mol. The van der Waals surface area contributed by atoms with Gasteiger partial charge in [-0.15, -0.1) is 0 Å². The zero-order valence-corrected chi connectivity index (χ0v) is 19.8. The fourth-order valence-corrected chi connectivity index (χ4v) is 2.38. The maximum Gasteiger partial charge on any atom is 0.234 e. The highest BCUT2D eigenvalue weighted by Crippen LogP contribution is 1.98. The third-order valence-electron chi connectivity index (χ3n) is 4.03. The van der Waals surface area contributed by atoms with E-state index < -0.39 is 0 Å². The van der Waals surface area contributed by atoms with E-state index in [0.717, 1.165) is 28.6 Å². The highest BCUT2D eigenvalue weighted by Gasteiger charge is 2.17. The van der Waals surface area contributed by atoms with Crippen molar-refractivity contribution in [2.24, 2.45) is 0 Å². The van der Waals surface area contributed by atoms with Crippen LogP contribution in [0.4, 0.5) is 0 Å². The van der Waals surface area contributed by atoms with Crippen molar-refractivity contribution in [1.82, 2.24) is 20.9 Å². The van der Waals surface area contributed by atoms with Crippen LogP contribution >= 0.6 is 0 Å². The third-order valence-corrected chi connectivity index (χ3v) is 4.03. The van der Waals surface area contributed by atoms with Gasteiger partial charge in [-0.25, -0.2) is 0 Å². The van der Waals surface area contributed by atoms with Crippen LogP contribution in [0, 0.1) is 0 Å². The lowest BCUT2D eigenvalue weighted by Gasteiger charge is -2.27. The Balaban J connectivity index is 4.55. The molecule has 0 unspecified atom stereocenters. The van der Waals surface area contributed by atoms with E-state index in [0.29, 0.717) is 19.6 Å². The minimum Gasteiger partial charge on any atom is -0.349 e. The predicted molar refractivity (Wildman–Crippen MR) is 116 cm³/mol. The summed E-state index contributed by atoms with van der Waals surface area (Å²) < 4.78 is 1.60. The minimum atomic E-state index is -0.0385. The van der Waals surface area contributed by atoms with Gasteiger partial charge in [0.25, 0.3) is 0 Å². The lowest BCUT2D eigenvalue weighted by Crippen LogP contribution is -2.49. The highest BCUT2D eigenvalue weighted by atomic mass is 16.2. The van der Waals surface area contributed by atoms with Gasteiger partial charge in [0.2, 0.25) is 11.8 Å². The highest BCUT2D eigenvalue weighted by molar-refractivity contribution is 5.81. The van der Waals surface area contributed by atoms with E-state index >= 15 is 0 Å². The molecule has 0 radical (unpaired) electrons. The predicted octanol–water partition coefficient (Wildman–Crippen LogP) is -0.679. The molecule has 2 amide bonds. The van der Waals surface area contributed by atoms with Crippen molar-refractivity contribution >= 4 is 11.8 Å². The van der Waals surface area contributed by atoms with Gasteiger partial charge in [0, 0.05) is 18.6 Å². The van der Waals surface area contributed by atoms with Gasteiger partial charge in [-0.1, -0.05) is 0 Å². The van der Waals surface area contributed by atoms with Gasteiger partial charge < -0.3 is 24.9 Å². The molecule has 0 saturated carbocycles. The topological polar surface area (TPSA) is 73.5 Å². The van der Waals surface area contributed by atoms with Crippen molar-refractivity contribution in [2.75, 3.05) is 94.6 Å². The molecule has 8 heteroatoms. The molecule has 0 spiro atoms. The maximum absolute atomic E-state index is 12.3. The maximum atomic E-state index is 12.3. The second kappa shape index (κ2) is 11.7. The summed E-state index contributed by atoms with van der Waals surface area (Å²) in [7, 11) is 12.6. The van der Waals surface area contributed by atoms with Crippen molar-refractivity contribution in [3.05, 3.63) is 0 Å². The van der Waals surface area contributed by atoms with Gasteiger partial charge in [0.1, 0.15) is 0 Å². The molecule has 0 aromatic rings. The zero-order chi connectivity index (χ0) is 22.0. The van der Waals surface area contributed by atoms with Gasteiger partial charge in [-0.3, -0.25) is 14.5 Å². The number of nitrogens with one attached hydrogen (secondary N) is 3. The van der Waals surface area contributed by atoms with E-state index in [2.05, 4.69) is 79.0 Å². The number of quaternary nitrogens is 2. The second-order valence-electron chi connectivity index (χ2n) is 10.6. The Kier molecular flexibility index (Phi) is 11.2. The fraction of sp³-hybridized carbons (Fsp3) is 0.900. The Bertz CT molecular complexity index is 441. The van der Waals surface area contributed by atoms with Gasteiger partial charge in [-0.05, 0) is 20.8 Å². The molecule has 0 aliphatic rings. The molecule has 3 N–H and O–H groups in total. The summed E-state index contributed by atoms with van der Waals surface area (Å²) in [5.74, 6) is -0.0771. The molecule has 28 heavy (non-hydrogen) atoms. The molecule has 0 rings (SSSR count). The van der Waals surface area contributed by atoms with Crippen LogP contribution in [0.3, 0.4) is 0 Å². The van der Waals surface area contributed by atoms with Gasteiger partial charge in [0.05, 0.1) is 81.6 Å². The van der Waals surface area contributed by atoms with Crippen LogP contribution < -0.4 is 16.0 Å². The van der Waals surface area contributed by atoms with Crippen molar-refractivity contribution in [1.29, 1.82) is 0 Å². The Morgan fingerprint density at radius 3 is 1.46 bits per heavy atom. The number of nitrogens with zero attached hydrogens (tertiary/aromatic N) is 3. The standard InChI is InChI=1S/C20H44N6O2/c1-20(2,3)23-10-13-24(16-18(27)21-11-14-25(4,5)6)17-19(28)22-12-15-26(7,8)9/h23H,10-17H2,1-9H3/p+2. The summed E-state index contributed by atoms with van der Waals surface area (Å²) >= 11 is 0. The van der Waals surface area contributed by atoms with Gasteiger partial charge in [-0.2, -0.15) is 0 Å². The van der Waals surface area contributed by atoms with Gasteiger partial charge in [0.15, 0.2) is 0 Å². The SMILES string of the molecule is CC(C)(C)NCCN(CC(=O)NCC[N+](C)(C)C)CC(=O)NCC[N+](C)(C)C. The average molecular weight is 403 g/mol. The van der Waals surface area contributed by atoms with Crippen molar-refractivity contribution in [2.45, 2.75) is 26.3 Å². The third kappa shape index (κ3) is 18.2. The molecule has 0 atom stereocenters. The normalized spacial score (nSPS) is 12.9. The fourth-order valence-electron chi connectivity index (χ4n) is 2.38. The second-order valence-corrected chi connectivity index (χ2v) is 10.6. The van der Waals surface area contributed by atoms with E-state index in [1.165, 1.54) is 0 Å². The number of hydrogen-bond acceptors (Lipinski definition) is 4. The molecule has 0 saturated heterocycles. The first-order chi connectivity index (χ1) is 12.6. The van der Waals surface area contributed by atoms with Crippen molar-refractivity contribution in [3.8, 4) is 0 Å². The monoisotopic (exact) mass is 402 g/mol. The van der Waals surface area contributed by atoms with E-state index in [1.54, 1.807) is 0 Å². The van der Waals surface area contributed by atoms with Crippen LogP contribution in [0.1, 0.15) is 20.8 Å². The molecular formula is C20H46N6O2+2. The molecule has 0 heterocycles. The van der Waals surface area contributed by atoms with Crippen LogP contribution in [0.2, 0.25) is 0 Å². The van der Waals surface area contributed by atoms with E-state index in [4.69, 9.17) is 0 Å².